The number of hydrogen-bond acceptors (Lipinski definition) is 3. The number of ether oxygens (including phenoxy) is 1. The third-order valence-electron chi connectivity index (χ3n) is 3.80. The molecule has 1 aliphatic rings. The lowest BCUT2D eigenvalue weighted by molar-refractivity contribution is -0.184. The fourth-order valence-electron chi connectivity index (χ4n) is 2.56. The maximum absolute atomic E-state index is 12.6. The van der Waals surface area contributed by atoms with E-state index in [4.69, 9.17) is 4.74 Å². The van der Waals surface area contributed by atoms with E-state index in [1.807, 2.05) is 0 Å². The van der Waals surface area contributed by atoms with E-state index in [1.165, 1.54) is 7.11 Å². The molecule has 0 bridgehead atoms. The van der Waals surface area contributed by atoms with Crippen LogP contribution in [0.4, 0.5) is 18.9 Å². The monoisotopic (exact) mass is 316 g/mol. The van der Waals surface area contributed by atoms with E-state index < -0.39 is 12.1 Å². The first-order chi connectivity index (χ1) is 10.4. The van der Waals surface area contributed by atoms with Crippen LogP contribution in [-0.2, 0) is 4.79 Å². The third kappa shape index (κ3) is 4.37. The van der Waals surface area contributed by atoms with Crippen molar-refractivity contribution in [3.8, 4) is 5.75 Å². The number of alkyl halides is 3. The van der Waals surface area contributed by atoms with Crippen LogP contribution in [0, 0.1) is 5.92 Å². The number of para-hydroxylation sites is 2. The van der Waals surface area contributed by atoms with Crippen molar-refractivity contribution in [3.63, 3.8) is 0 Å². The fourth-order valence-corrected chi connectivity index (χ4v) is 2.56. The van der Waals surface area contributed by atoms with E-state index in [1.54, 1.807) is 29.2 Å². The van der Waals surface area contributed by atoms with Gasteiger partial charge in [-0.2, -0.15) is 13.2 Å². The van der Waals surface area contributed by atoms with Crippen LogP contribution in [0.1, 0.15) is 12.8 Å². The minimum atomic E-state index is -4.13. The number of methoxy groups -OCH3 is 1. The highest BCUT2D eigenvalue weighted by atomic mass is 19.4. The SMILES string of the molecule is COc1ccccc1NC(=O)CN1CCC(C(F)(F)F)CC1. The second-order valence-electron chi connectivity index (χ2n) is 5.34. The molecule has 122 valence electrons. The highest BCUT2D eigenvalue weighted by molar-refractivity contribution is 5.93. The minimum Gasteiger partial charge on any atom is -0.495 e. The number of piperidine rings is 1. The molecular formula is C15H19F3N2O2. The van der Waals surface area contributed by atoms with Crippen LogP contribution in [0.2, 0.25) is 0 Å². The molecule has 1 fully saturated rings. The van der Waals surface area contributed by atoms with Gasteiger partial charge in [-0.1, -0.05) is 12.1 Å². The van der Waals surface area contributed by atoms with Crippen molar-refractivity contribution in [2.24, 2.45) is 5.92 Å². The Bertz CT molecular complexity index is 512. The summed E-state index contributed by atoms with van der Waals surface area (Å²) in [4.78, 5) is 13.7. The van der Waals surface area contributed by atoms with Gasteiger partial charge in [0, 0.05) is 0 Å². The first-order valence-corrected chi connectivity index (χ1v) is 7.12. The summed E-state index contributed by atoms with van der Waals surface area (Å²) < 4.78 is 42.9. The molecule has 4 nitrogen and oxygen atoms in total. The Hall–Kier alpha value is -1.76. The summed E-state index contributed by atoms with van der Waals surface area (Å²) in [5, 5.41) is 2.72. The van der Waals surface area contributed by atoms with Crippen LogP contribution in [-0.4, -0.2) is 43.7 Å². The minimum absolute atomic E-state index is 0.0471. The topological polar surface area (TPSA) is 41.6 Å². The van der Waals surface area contributed by atoms with Crippen LogP contribution in [0.3, 0.4) is 0 Å². The van der Waals surface area contributed by atoms with Gasteiger partial charge >= 0.3 is 6.18 Å². The highest BCUT2D eigenvalue weighted by Gasteiger charge is 2.41. The number of rotatable bonds is 4. The van der Waals surface area contributed by atoms with E-state index >= 15 is 0 Å². The zero-order valence-electron chi connectivity index (χ0n) is 12.3. The molecule has 1 saturated heterocycles. The largest absolute Gasteiger partial charge is 0.495 e. The van der Waals surface area contributed by atoms with Gasteiger partial charge in [-0.25, -0.2) is 0 Å². The summed E-state index contributed by atoms with van der Waals surface area (Å²) in [6.07, 6.45) is -4.04. The Kier molecular flexibility index (Phi) is 5.28. The third-order valence-corrected chi connectivity index (χ3v) is 3.80. The average molecular weight is 316 g/mol. The zero-order valence-corrected chi connectivity index (χ0v) is 12.3. The Balaban J connectivity index is 1.84. The number of nitrogens with zero attached hydrogens (tertiary/aromatic N) is 1. The summed E-state index contributed by atoms with van der Waals surface area (Å²) in [6, 6.07) is 7.00. The van der Waals surface area contributed by atoms with E-state index in [2.05, 4.69) is 5.32 Å². The number of benzene rings is 1. The second kappa shape index (κ2) is 7.00. The molecule has 0 spiro atoms. The maximum atomic E-state index is 12.6. The molecular weight excluding hydrogens is 297 g/mol. The lowest BCUT2D eigenvalue weighted by Gasteiger charge is -2.32. The molecule has 1 N–H and O–H groups in total. The fraction of sp³-hybridized carbons (Fsp3) is 0.533. The van der Waals surface area contributed by atoms with Crippen molar-refractivity contribution in [2.75, 3.05) is 32.1 Å². The molecule has 0 aromatic heterocycles. The van der Waals surface area contributed by atoms with Crippen molar-refractivity contribution in [1.82, 2.24) is 4.90 Å². The number of amides is 1. The second-order valence-corrected chi connectivity index (χ2v) is 5.34. The van der Waals surface area contributed by atoms with Gasteiger partial charge < -0.3 is 10.1 Å². The number of nitrogens with one attached hydrogen (secondary N) is 1. The Morgan fingerprint density at radius 2 is 1.95 bits per heavy atom. The normalized spacial score (nSPS) is 17.3. The Morgan fingerprint density at radius 3 is 2.55 bits per heavy atom. The summed E-state index contributed by atoms with van der Waals surface area (Å²) in [7, 11) is 1.51. The lowest BCUT2D eigenvalue weighted by atomic mass is 9.96. The summed E-state index contributed by atoms with van der Waals surface area (Å²) in [5.74, 6) is -0.956. The van der Waals surface area contributed by atoms with Gasteiger partial charge in [-0.3, -0.25) is 9.69 Å². The average Bonchev–Trinajstić information content (AvgIpc) is 2.47. The number of anilines is 1. The van der Waals surface area contributed by atoms with Crippen LogP contribution in [0.5, 0.6) is 5.75 Å². The first kappa shape index (κ1) is 16.6. The molecule has 0 radical (unpaired) electrons. The molecule has 1 amide bonds. The van der Waals surface area contributed by atoms with E-state index in [0.29, 0.717) is 11.4 Å². The molecule has 7 heteroatoms. The number of carbonyl (C=O) groups is 1. The Labute approximate surface area is 127 Å². The number of halogens is 3. The molecule has 1 aromatic carbocycles. The van der Waals surface area contributed by atoms with Gasteiger partial charge in [0.05, 0.1) is 25.3 Å². The Morgan fingerprint density at radius 1 is 1.32 bits per heavy atom. The molecule has 0 unspecified atom stereocenters. The van der Waals surface area contributed by atoms with Crippen molar-refractivity contribution >= 4 is 11.6 Å². The van der Waals surface area contributed by atoms with E-state index in [0.717, 1.165) is 0 Å². The van der Waals surface area contributed by atoms with Crippen LogP contribution in [0.15, 0.2) is 24.3 Å². The molecule has 0 atom stereocenters. The van der Waals surface area contributed by atoms with Gasteiger partial charge in [-0.15, -0.1) is 0 Å². The predicted molar refractivity (Wildman–Crippen MR) is 76.8 cm³/mol. The van der Waals surface area contributed by atoms with Crippen molar-refractivity contribution in [1.29, 1.82) is 0 Å². The number of carbonyl (C=O) groups excluding carboxylic acids is 1. The first-order valence-electron chi connectivity index (χ1n) is 7.12. The summed E-state index contributed by atoms with van der Waals surface area (Å²) in [6.45, 7) is 0.648. The van der Waals surface area contributed by atoms with Crippen LogP contribution in [0.25, 0.3) is 0 Å². The molecule has 1 aliphatic heterocycles. The van der Waals surface area contributed by atoms with Crippen molar-refractivity contribution < 1.29 is 22.7 Å². The lowest BCUT2D eigenvalue weighted by Crippen LogP contribution is -2.42. The van der Waals surface area contributed by atoms with Crippen molar-refractivity contribution in [2.45, 2.75) is 19.0 Å². The van der Waals surface area contributed by atoms with E-state index in [-0.39, 0.29) is 38.4 Å². The quantitative estimate of drug-likeness (QED) is 0.928. The summed E-state index contributed by atoms with van der Waals surface area (Å²) >= 11 is 0. The predicted octanol–water partition coefficient (Wildman–Crippen LogP) is 2.91. The van der Waals surface area contributed by atoms with Gasteiger partial charge in [0.1, 0.15) is 5.75 Å². The maximum Gasteiger partial charge on any atom is 0.391 e. The van der Waals surface area contributed by atoms with Gasteiger partial charge in [0.15, 0.2) is 0 Å². The van der Waals surface area contributed by atoms with E-state index in [9.17, 15) is 18.0 Å². The smallest absolute Gasteiger partial charge is 0.391 e. The standard InChI is InChI=1S/C15H19F3N2O2/c1-22-13-5-3-2-4-12(13)19-14(21)10-20-8-6-11(7-9-20)15(16,17)18/h2-5,11H,6-10H2,1H3,(H,19,21). The van der Waals surface area contributed by atoms with Crippen molar-refractivity contribution in [3.05, 3.63) is 24.3 Å². The number of hydrogen-bond donors (Lipinski definition) is 1. The zero-order chi connectivity index (χ0) is 16.2. The highest BCUT2D eigenvalue weighted by Crippen LogP contribution is 2.34. The summed E-state index contributed by atoms with van der Waals surface area (Å²) in [5.41, 5.74) is 0.556. The van der Waals surface area contributed by atoms with Crippen LogP contribution >= 0.6 is 0 Å². The molecule has 1 heterocycles. The molecule has 0 aliphatic carbocycles. The van der Waals surface area contributed by atoms with Gasteiger partial charge in [-0.05, 0) is 38.1 Å². The number of likely N-dealkylation sites (tertiary alicyclic amines) is 1. The molecule has 22 heavy (non-hydrogen) atoms. The molecule has 2 rings (SSSR count). The van der Waals surface area contributed by atoms with Gasteiger partial charge in [0.2, 0.25) is 5.91 Å². The molecule has 1 aromatic rings. The van der Waals surface area contributed by atoms with Gasteiger partial charge in [0.25, 0.3) is 0 Å². The molecule has 0 saturated carbocycles. The van der Waals surface area contributed by atoms with Crippen LogP contribution < -0.4 is 10.1 Å².